The second-order valence-corrected chi connectivity index (χ2v) is 25.2. The summed E-state index contributed by atoms with van der Waals surface area (Å²) in [6, 6.07) is 0. The zero-order valence-corrected chi connectivity index (χ0v) is 21.9. The Kier molecular flexibility index (Phi) is 10.6. The molecule has 0 atom stereocenters. The molecular formula is C23H50Sn. The molecule has 24 heavy (non-hydrogen) atoms. The van der Waals surface area contributed by atoms with E-state index in [-0.39, 0.29) is 0 Å². The molecule has 0 heterocycles. The summed E-state index contributed by atoms with van der Waals surface area (Å²) in [5.74, 6) is 0. The molecule has 146 valence electrons. The summed E-state index contributed by atoms with van der Waals surface area (Å²) in [5.41, 5.74) is 1.53. The number of hydrogen-bond donors (Lipinski definition) is 0. The standard InChI is InChI=1S/C8H17.3C5H11.Sn/c1-3-5-7-8-6-4-2;3*1-5(2,3)4;/h1,3-8H2,2H3;3*1H2,2-4H3;. The molecule has 0 aromatic rings. The molecule has 0 radical (unpaired) electrons. The van der Waals surface area contributed by atoms with E-state index < -0.39 is 18.4 Å². The molecule has 0 aliphatic carbocycles. The van der Waals surface area contributed by atoms with E-state index in [1.165, 1.54) is 38.5 Å². The fraction of sp³-hybridized carbons (Fsp3) is 1.00. The summed E-state index contributed by atoms with van der Waals surface area (Å²) in [6.07, 6.45) is 8.72. The van der Waals surface area contributed by atoms with Crippen LogP contribution in [0.1, 0.15) is 108 Å². The van der Waals surface area contributed by atoms with Crippen molar-refractivity contribution in [2.24, 2.45) is 16.2 Å². The minimum atomic E-state index is -2.18. The molecule has 0 aromatic heterocycles. The third-order valence-corrected chi connectivity index (χ3v) is 24.3. The van der Waals surface area contributed by atoms with Crippen molar-refractivity contribution in [2.45, 2.75) is 126 Å². The van der Waals surface area contributed by atoms with Crippen LogP contribution in [0.25, 0.3) is 0 Å². The van der Waals surface area contributed by atoms with Crippen LogP contribution in [-0.4, -0.2) is 18.4 Å². The number of hydrogen-bond acceptors (Lipinski definition) is 0. The molecule has 0 saturated heterocycles. The Morgan fingerprint density at radius 2 is 0.833 bits per heavy atom. The van der Waals surface area contributed by atoms with Crippen LogP contribution in [0.3, 0.4) is 0 Å². The van der Waals surface area contributed by atoms with E-state index in [0.29, 0.717) is 16.2 Å². The van der Waals surface area contributed by atoms with Gasteiger partial charge in [0, 0.05) is 0 Å². The zero-order valence-electron chi connectivity index (χ0n) is 19.1. The fourth-order valence-corrected chi connectivity index (χ4v) is 29.8. The van der Waals surface area contributed by atoms with Crippen LogP contribution < -0.4 is 0 Å². The van der Waals surface area contributed by atoms with Crippen LogP contribution in [-0.2, 0) is 0 Å². The molecule has 0 N–H and O–H groups in total. The van der Waals surface area contributed by atoms with Gasteiger partial charge in [-0.05, 0) is 0 Å². The van der Waals surface area contributed by atoms with Gasteiger partial charge in [-0.15, -0.1) is 0 Å². The third kappa shape index (κ3) is 14.0. The maximum atomic E-state index is 2.49. The Hall–Kier alpha value is 0.799. The summed E-state index contributed by atoms with van der Waals surface area (Å²) < 4.78 is 6.36. The minimum absolute atomic E-state index is 0.509. The van der Waals surface area contributed by atoms with Crippen LogP contribution in [0.4, 0.5) is 0 Å². The van der Waals surface area contributed by atoms with Crippen LogP contribution in [0.2, 0.25) is 17.7 Å². The first-order valence-corrected chi connectivity index (χ1v) is 18.8. The molecule has 0 aliphatic heterocycles. The van der Waals surface area contributed by atoms with Crippen molar-refractivity contribution in [1.82, 2.24) is 0 Å². The van der Waals surface area contributed by atoms with E-state index in [0.717, 1.165) is 0 Å². The first-order valence-electron chi connectivity index (χ1n) is 10.7. The van der Waals surface area contributed by atoms with Gasteiger partial charge in [0.1, 0.15) is 0 Å². The average molecular weight is 445 g/mol. The second-order valence-electron chi connectivity index (χ2n) is 12.2. The van der Waals surface area contributed by atoms with Gasteiger partial charge in [0.15, 0.2) is 0 Å². The van der Waals surface area contributed by atoms with Crippen molar-refractivity contribution in [3.05, 3.63) is 0 Å². The van der Waals surface area contributed by atoms with E-state index in [1.807, 2.05) is 0 Å². The Labute approximate surface area is 159 Å². The summed E-state index contributed by atoms with van der Waals surface area (Å²) in [6.45, 7) is 24.7. The molecule has 0 fully saturated rings. The van der Waals surface area contributed by atoms with E-state index in [1.54, 1.807) is 17.7 Å². The molecule has 0 aromatic carbocycles. The Bertz CT molecular complexity index is 281. The van der Waals surface area contributed by atoms with Gasteiger partial charge >= 0.3 is 160 Å². The van der Waals surface area contributed by atoms with Crippen molar-refractivity contribution in [3.8, 4) is 0 Å². The van der Waals surface area contributed by atoms with Gasteiger partial charge in [0.2, 0.25) is 0 Å². The van der Waals surface area contributed by atoms with Crippen molar-refractivity contribution < 1.29 is 0 Å². The van der Waals surface area contributed by atoms with Crippen LogP contribution in [0.15, 0.2) is 0 Å². The van der Waals surface area contributed by atoms with Crippen LogP contribution in [0.5, 0.6) is 0 Å². The van der Waals surface area contributed by atoms with Crippen molar-refractivity contribution in [2.75, 3.05) is 0 Å². The van der Waals surface area contributed by atoms with Crippen LogP contribution in [0, 0.1) is 16.2 Å². The molecule has 0 bridgehead atoms. The van der Waals surface area contributed by atoms with Gasteiger partial charge in [-0.1, -0.05) is 0 Å². The van der Waals surface area contributed by atoms with Gasteiger partial charge < -0.3 is 0 Å². The molecule has 0 nitrogen and oxygen atoms in total. The third-order valence-electron chi connectivity index (χ3n) is 4.78. The van der Waals surface area contributed by atoms with E-state index in [2.05, 4.69) is 69.2 Å². The SMILES string of the molecule is CCCCCCC[CH2][Sn]([CH2]C(C)(C)C)([CH2]C(C)(C)C)[CH2]C(C)(C)C. The van der Waals surface area contributed by atoms with E-state index in [9.17, 15) is 0 Å². The predicted octanol–water partition coefficient (Wildman–Crippen LogP) is 8.93. The Balaban J connectivity index is 5.10. The molecule has 0 saturated carbocycles. The van der Waals surface area contributed by atoms with Gasteiger partial charge in [-0.2, -0.15) is 0 Å². The van der Waals surface area contributed by atoms with Gasteiger partial charge in [0.25, 0.3) is 0 Å². The maximum absolute atomic E-state index is 2.49. The topological polar surface area (TPSA) is 0 Å². The Morgan fingerprint density at radius 3 is 1.17 bits per heavy atom. The molecule has 0 aliphatic rings. The van der Waals surface area contributed by atoms with Crippen molar-refractivity contribution in [3.63, 3.8) is 0 Å². The summed E-state index contributed by atoms with van der Waals surface area (Å²) in [4.78, 5) is 0. The molecule has 0 unspecified atom stereocenters. The summed E-state index contributed by atoms with van der Waals surface area (Å²) in [7, 11) is 0. The average Bonchev–Trinajstić information content (AvgIpc) is 2.26. The number of rotatable bonds is 10. The molecule has 0 amide bonds. The summed E-state index contributed by atoms with van der Waals surface area (Å²) in [5, 5.41) is 0. The van der Waals surface area contributed by atoms with Crippen molar-refractivity contribution >= 4 is 18.4 Å². The normalized spacial score (nSPS) is 14.2. The predicted molar refractivity (Wildman–Crippen MR) is 117 cm³/mol. The molecule has 0 rings (SSSR count). The van der Waals surface area contributed by atoms with Crippen molar-refractivity contribution in [1.29, 1.82) is 0 Å². The van der Waals surface area contributed by atoms with Gasteiger partial charge in [0.05, 0.1) is 0 Å². The first kappa shape index (κ1) is 24.8. The second kappa shape index (κ2) is 10.2. The van der Waals surface area contributed by atoms with E-state index in [4.69, 9.17) is 0 Å². The summed E-state index contributed by atoms with van der Waals surface area (Å²) >= 11 is -2.18. The Morgan fingerprint density at radius 1 is 0.500 bits per heavy atom. The van der Waals surface area contributed by atoms with Crippen LogP contribution >= 0.6 is 0 Å². The van der Waals surface area contributed by atoms with Gasteiger partial charge in [-0.3, -0.25) is 0 Å². The zero-order chi connectivity index (χ0) is 19.1. The quantitative estimate of drug-likeness (QED) is 0.233. The fourth-order valence-electron chi connectivity index (χ4n) is 5.11. The molecule has 0 spiro atoms. The number of unbranched alkanes of at least 4 members (excludes halogenated alkanes) is 5. The van der Waals surface area contributed by atoms with E-state index >= 15 is 0 Å². The molecular weight excluding hydrogens is 395 g/mol. The first-order chi connectivity index (χ1) is 10.7. The monoisotopic (exact) mass is 446 g/mol. The molecule has 1 heteroatoms. The van der Waals surface area contributed by atoms with Gasteiger partial charge in [-0.25, -0.2) is 0 Å².